The van der Waals surface area contributed by atoms with Crippen molar-refractivity contribution in [1.82, 2.24) is 9.80 Å². The molecule has 0 aromatic heterocycles. The highest BCUT2D eigenvalue weighted by Crippen LogP contribution is 2.32. The predicted octanol–water partition coefficient (Wildman–Crippen LogP) is 1.59. The molecule has 110 valence electrons. The maximum atomic E-state index is 12.4. The zero-order valence-corrected chi connectivity index (χ0v) is 12.4. The van der Waals surface area contributed by atoms with Crippen molar-refractivity contribution >= 4 is 5.91 Å². The summed E-state index contributed by atoms with van der Waals surface area (Å²) in [7, 11) is 0. The van der Waals surface area contributed by atoms with Gasteiger partial charge in [0, 0.05) is 25.2 Å². The lowest BCUT2D eigenvalue weighted by molar-refractivity contribution is -0.133. The summed E-state index contributed by atoms with van der Waals surface area (Å²) >= 11 is 0. The van der Waals surface area contributed by atoms with Crippen LogP contribution in [0, 0.1) is 0 Å². The fourth-order valence-corrected chi connectivity index (χ4v) is 3.70. The Bertz CT molecular complexity index is 294. The molecule has 4 nitrogen and oxygen atoms in total. The molecule has 1 saturated carbocycles. The number of carbonyl (C=O) groups excluding carboxylic acids is 1. The number of rotatable bonds is 5. The van der Waals surface area contributed by atoms with Gasteiger partial charge in [0.25, 0.3) is 0 Å². The van der Waals surface area contributed by atoms with Gasteiger partial charge >= 0.3 is 0 Å². The molecule has 0 aromatic rings. The first-order valence-corrected chi connectivity index (χ1v) is 7.95. The summed E-state index contributed by atoms with van der Waals surface area (Å²) in [5.41, 5.74) is 6.16. The predicted molar refractivity (Wildman–Crippen MR) is 77.9 cm³/mol. The highest BCUT2D eigenvalue weighted by Gasteiger charge is 2.37. The maximum absolute atomic E-state index is 12.4. The summed E-state index contributed by atoms with van der Waals surface area (Å²) in [6.45, 7) is 6.24. The first-order chi connectivity index (χ1) is 9.22. The van der Waals surface area contributed by atoms with E-state index in [0.29, 0.717) is 19.0 Å². The second-order valence-corrected chi connectivity index (χ2v) is 6.09. The van der Waals surface area contributed by atoms with Gasteiger partial charge in [0.1, 0.15) is 0 Å². The third-order valence-electron chi connectivity index (χ3n) is 5.00. The quantitative estimate of drug-likeness (QED) is 0.823. The van der Waals surface area contributed by atoms with Crippen molar-refractivity contribution in [2.75, 3.05) is 32.7 Å². The Labute approximate surface area is 117 Å². The van der Waals surface area contributed by atoms with E-state index in [1.807, 2.05) is 4.90 Å². The van der Waals surface area contributed by atoms with E-state index in [0.717, 1.165) is 32.5 Å². The molecule has 1 amide bonds. The van der Waals surface area contributed by atoms with Crippen molar-refractivity contribution in [2.24, 2.45) is 5.73 Å². The zero-order chi connectivity index (χ0) is 13.7. The van der Waals surface area contributed by atoms with Crippen LogP contribution in [0.2, 0.25) is 0 Å². The molecule has 1 aliphatic carbocycles. The number of nitrogens with zero attached hydrogens (tertiary/aromatic N) is 2. The molecule has 19 heavy (non-hydrogen) atoms. The Morgan fingerprint density at radius 1 is 1.16 bits per heavy atom. The number of hydrogen-bond acceptors (Lipinski definition) is 3. The Morgan fingerprint density at radius 3 is 2.32 bits per heavy atom. The Hall–Kier alpha value is -0.610. The fraction of sp³-hybridized carbons (Fsp3) is 0.933. The van der Waals surface area contributed by atoms with E-state index >= 15 is 0 Å². The van der Waals surface area contributed by atoms with E-state index in [-0.39, 0.29) is 5.54 Å². The van der Waals surface area contributed by atoms with Gasteiger partial charge in [-0.1, -0.05) is 26.2 Å². The number of likely N-dealkylation sites (N-methyl/N-ethyl adjacent to an activating group) is 1. The largest absolute Gasteiger partial charge is 0.342 e. The molecular weight excluding hydrogens is 238 g/mol. The van der Waals surface area contributed by atoms with Crippen LogP contribution in [0.5, 0.6) is 0 Å². The Balaban J connectivity index is 1.99. The van der Waals surface area contributed by atoms with Crippen LogP contribution in [-0.2, 0) is 4.79 Å². The van der Waals surface area contributed by atoms with E-state index in [1.165, 1.54) is 32.1 Å². The molecule has 0 radical (unpaired) electrons. The minimum absolute atomic E-state index is 0.0857. The van der Waals surface area contributed by atoms with E-state index < -0.39 is 0 Å². The van der Waals surface area contributed by atoms with Gasteiger partial charge < -0.3 is 10.6 Å². The van der Waals surface area contributed by atoms with Gasteiger partial charge in [-0.2, -0.15) is 0 Å². The van der Waals surface area contributed by atoms with Gasteiger partial charge in [-0.3, -0.25) is 9.69 Å². The summed E-state index contributed by atoms with van der Waals surface area (Å²) < 4.78 is 0. The molecule has 0 bridgehead atoms. The third-order valence-corrected chi connectivity index (χ3v) is 5.00. The van der Waals surface area contributed by atoms with E-state index in [1.54, 1.807) is 0 Å². The van der Waals surface area contributed by atoms with Crippen LogP contribution in [0.1, 0.15) is 51.9 Å². The molecule has 0 atom stereocenters. The van der Waals surface area contributed by atoms with Gasteiger partial charge in [0.05, 0.1) is 6.54 Å². The van der Waals surface area contributed by atoms with Crippen molar-refractivity contribution in [3.8, 4) is 0 Å². The maximum Gasteiger partial charge on any atom is 0.236 e. The van der Waals surface area contributed by atoms with Crippen molar-refractivity contribution < 1.29 is 4.79 Å². The topological polar surface area (TPSA) is 49.6 Å². The summed E-state index contributed by atoms with van der Waals surface area (Å²) in [5.74, 6) is 0.303. The van der Waals surface area contributed by atoms with Gasteiger partial charge in [-0.05, 0) is 32.2 Å². The molecule has 0 unspecified atom stereocenters. The van der Waals surface area contributed by atoms with Gasteiger partial charge in [0.2, 0.25) is 5.91 Å². The number of amides is 1. The summed E-state index contributed by atoms with van der Waals surface area (Å²) in [6.07, 6.45) is 8.48. The number of nitrogens with two attached hydrogens (primary N) is 1. The van der Waals surface area contributed by atoms with Crippen LogP contribution in [0.3, 0.4) is 0 Å². The van der Waals surface area contributed by atoms with E-state index in [9.17, 15) is 4.79 Å². The molecule has 0 spiro atoms. The van der Waals surface area contributed by atoms with Crippen LogP contribution in [-0.4, -0.2) is 54.0 Å². The Kier molecular flexibility index (Phi) is 5.22. The van der Waals surface area contributed by atoms with Gasteiger partial charge in [-0.15, -0.1) is 0 Å². The van der Waals surface area contributed by atoms with Crippen molar-refractivity contribution in [3.05, 3.63) is 0 Å². The van der Waals surface area contributed by atoms with Crippen LogP contribution < -0.4 is 5.73 Å². The lowest BCUT2D eigenvalue weighted by Crippen LogP contribution is -2.57. The lowest BCUT2D eigenvalue weighted by atomic mass is 9.80. The van der Waals surface area contributed by atoms with Crippen LogP contribution in [0.15, 0.2) is 0 Å². The molecule has 1 heterocycles. The molecule has 2 rings (SSSR count). The minimum atomic E-state index is 0.0857. The molecular formula is C15H29N3O. The van der Waals surface area contributed by atoms with Crippen LogP contribution in [0.25, 0.3) is 0 Å². The number of hydrogen-bond donors (Lipinski definition) is 1. The molecule has 2 fully saturated rings. The SMILES string of the molecule is CCN(CC(=O)N1CCCC1)C1(CN)CCCCC1. The zero-order valence-electron chi connectivity index (χ0n) is 12.4. The normalized spacial score (nSPS) is 23.0. The molecule has 1 saturated heterocycles. The second-order valence-electron chi connectivity index (χ2n) is 6.09. The second kappa shape index (κ2) is 6.71. The average molecular weight is 267 g/mol. The lowest BCUT2D eigenvalue weighted by Gasteiger charge is -2.45. The van der Waals surface area contributed by atoms with Crippen LogP contribution in [0.4, 0.5) is 0 Å². The molecule has 1 aliphatic heterocycles. The monoisotopic (exact) mass is 267 g/mol. The summed E-state index contributed by atoms with van der Waals surface area (Å²) in [6, 6.07) is 0. The smallest absolute Gasteiger partial charge is 0.236 e. The van der Waals surface area contributed by atoms with E-state index in [2.05, 4.69) is 11.8 Å². The number of likely N-dealkylation sites (tertiary alicyclic amines) is 1. The summed E-state index contributed by atoms with van der Waals surface area (Å²) in [4.78, 5) is 16.7. The van der Waals surface area contributed by atoms with Gasteiger partial charge in [-0.25, -0.2) is 0 Å². The summed E-state index contributed by atoms with van der Waals surface area (Å²) in [5, 5.41) is 0. The highest BCUT2D eigenvalue weighted by molar-refractivity contribution is 5.78. The Morgan fingerprint density at radius 2 is 1.79 bits per heavy atom. The molecule has 0 aromatic carbocycles. The molecule has 4 heteroatoms. The van der Waals surface area contributed by atoms with Crippen molar-refractivity contribution in [1.29, 1.82) is 0 Å². The number of carbonyl (C=O) groups is 1. The molecule has 2 aliphatic rings. The van der Waals surface area contributed by atoms with E-state index in [4.69, 9.17) is 5.73 Å². The molecule has 2 N–H and O–H groups in total. The van der Waals surface area contributed by atoms with Crippen molar-refractivity contribution in [3.63, 3.8) is 0 Å². The third kappa shape index (κ3) is 3.29. The standard InChI is InChI=1S/C15H29N3O/c1-2-18(12-14(19)17-10-6-7-11-17)15(13-16)8-4-3-5-9-15/h2-13,16H2,1H3. The minimum Gasteiger partial charge on any atom is -0.342 e. The first kappa shape index (κ1) is 14.8. The van der Waals surface area contributed by atoms with Crippen molar-refractivity contribution in [2.45, 2.75) is 57.4 Å². The first-order valence-electron chi connectivity index (χ1n) is 7.95. The van der Waals surface area contributed by atoms with Gasteiger partial charge in [0.15, 0.2) is 0 Å². The highest BCUT2D eigenvalue weighted by atomic mass is 16.2. The van der Waals surface area contributed by atoms with Crippen LogP contribution >= 0.6 is 0 Å². The average Bonchev–Trinajstić information content (AvgIpc) is 2.99. The fourth-order valence-electron chi connectivity index (χ4n) is 3.70.